The number of hydrogen-bond donors (Lipinski definition) is 3. The van der Waals surface area contributed by atoms with E-state index < -0.39 is 0 Å². The van der Waals surface area contributed by atoms with Gasteiger partial charge in [0.15, 0.2) is 0 Å². The number of aromatic nitrogens is 2. The Hall–Kier alpha value is -3.55. The molecule has 0 bridgehead atoms. The van der Waals surface area contributed by atoms with Crippen molar-refractivity contribution in [2.75, 3.05) is 29.6 Å². The van der Waals surface area contributed by atoms with Crippen LogP contribution in [0.5, 0.6) is 0 Å². The Kier molecular flexibility index (Phi) is 8.38. The summed E-state index contributed by atoms with van der Waals surface area (Å²) in [5.41, 5.74) is 3.24. The van der Waals surface area contributed by atoms with Crippen LogP contribution in [0.4, 0.5) is 23.1 Å². The number of benzene rings is 3. The van der Waals surface area contributed by atoms with Gasteiger partial charge < -0.3 is 20.9 Å². The van der Waals surface area contributed by atoms with Crippen LogP contribution in [0.1, 0.15) is 31.2 Å². The van der Waals surface area contributed by atoms with E-state index in [4.69, 9.17) is 33.2 Å². The van der Waals surface area contributed by atoms with Gasteiger partial charge in [0.1, 0.15) is 5.82 Å². The van der Waals surface area contributed by atoms with Crippen LogP contribution in [-0.4, -0.2) is 42.1 Å². The van der Waals surface area contributed by atoms with E-state index in [9.17, 15) is 4.79 Å². The minimum atomic E-state index is -0.000554. The lowest BCUT2D eigenvalue weighted by atomic mass is 9.91. The van der Waals surface area contributed by atoms with Crippen LogP contribution in [0.3, 0.4) is 0 Å². The Labute approximate surface area is 238 Å². The van der Waals surface area contributed by atoms with E-state index in [1.165, 1.54) is 0 Å². The van der Waals surface area contributed by atoms with Crippen molar-refractivity contribution in [2.24, 2.45) is 0 Å². The third kappa shape index (κ3) is 6.54. The molecule has 0 saturated heterocycles. The number of nitrogens with one attached hydrogen (secondary N) is 3. The first-order valence-corrected chi connectivity index (χ1v) is 13.9. The number of rotatable bonds is 8. The first kappa shape index (κ1) is 27.0. The van der Waals surface area contributed by atoms with E-state index in [1.807, 2.05) is 67.5 Å². The van der Waals surface area contributed by atoms with Gasteiger partial charge in [0, 0.05) is 37.3 Å². The molecule has 202 valence electrons. The molecule has 1 amide bonds. The van der Waals surface area contributed by atoms with Gasteiger partial charge in [0.25, 0.3) is 0 Å². The average Bonchev–Trinajstić information content (AvgIpc) is 2.92. The SMILES string of the molecule is CN(C)c1nc(N[C@H]2CC[C@@H](NC(=O)Cc3ccccc3Nc3c(Cl)cccc3Cl)CC2)nc2ccccc12. The maximum Gasteiger partial charge on any atom is 0.225 e. The Morgan fingerprint density at radius 3 is 2.28 bits per heavy atom. The third-order valence-corrected chi connectivity index (χ3v) is 7.65. The number of para-hydroxylation sites is 3. The maximum atomic E-state index is 13.0. The molecule has 9 heteroatoms. The van der Waals surface area contributed by atoms with Gasteiger partial charge in [-0.3, -0.25) is 4.79 Å². The zero-order chi connectivity index (χ0) is 27.4. The smallest absolute Gasteiger partial charge is 0.225 e. The third-order valence-electron chi connectivity index (χ3n) is 7.02. The Bertz CT molecular complexity index is 1450. The van der Waals surface area contributed by atoms with Crippen molar-refractivity contribution < 1.29 is 4.79 Å². The summed E-state index contributed by atoms with van der Waals surface area (Å²) in [6, 6.07) is 21.5. The summed E-state index contributed by atoms with van der Waals surface area (Å²) in [7, 11) is 3.99. The molecule has 7 nitrogen and oxygen atoms in total. The van der Waals surface area contributed by atoms with Crippen molar-refractivity contribution in [3.8, 4) is 0 Å². The molecule has 1 fully saturated rings. The minimum absolute atomic E-state index is 0.000554. The molecule has 39 heavy (non-hydrogen) atoms. The molecule has 5 rings (SSSR count). The average molecular weight is 564 g/mol. The highest BCUT2D eigenvalue weighted by Gasteiger charge is 2.24. The van der Waals surface area contributed by atoms with Crippen molar-refractivity contribution in [1.82, 2.24) is 15.3 Å². The molecule has 0 radical (unpaired) electrons. The summed E-state index contributed by atoms with van der Waals surface area (Å²) in [4.78, 5) is 24.5. The number of halogens is 2. The number of nitrogens with zero attached hydrogens (tertiary/aromatic N) is 3. The second-order valence-electron chi connectivity index (χ2n) is 10.1. The molecule has 1 saturated carbocycles. The molecule has 1 aliphatic carbocycles. The second kappa shape index (κ2) is 12.1. The van der Waals surface area contributed by atoms with Gasteiger partial charge in [0.2, 0.25) is 11.9 Å². The number of carbonyl (C=O) groups is 1. The predicted molar refractivity (Wildman–Crippen MR) is 162 cm³/mol. The minimum Gasteiger partial charge on any atom is -0.362 e. The number of carbonyl (C=O) groups excluding carboxylic acids is 1. The molecule has 1 aromatic heterocycles. The number of hydrogen-bond acceptors (Lipinski definition) is 6. The van der Waals surface area contributed by atoms with Crippen molar-refractivity contribution in [1.29, 1.82) is 0 Å². The zero-order valence-electron chi connectivity index (χ0n) is 22.0. The van der Waals surface area contributed by atoms with Gasteiger partial charge in [-0.1, -0.05) is 59.6 Å². The van der Waals surface area contributed by atoms with Crippen molar-refractivity contribution in [3.05, 3.63) is 82.3 Å². The van der Waals surface area contributed by atoms with E-state index in [0.29, 0.717) is 21.7 Å². The lowest BCUT2D eigenvalue weighted by molar-refractivity contribution is -0.121. The van der Waals surface area contributed by atoms with Gasteiger partial charge in [-0.2, -0.15) is 4.98 Å². The Balaban J connectivity index is 1.17. The monoisotopic (exact) mass is 562 g/mol. The fourth-order valence-electron chi connectivity index (χ4n) is 5.03. The largest absolute Gasteiger partial charge is 0.362 e. The van der Waals surface area contributed by atoms with Gasteiger partial charge in [0.05, 0.1) is 27.7 Å². The predicted octanol–water partition coefficient (Wildman–Crippen LogP) is 6.83. The molecule has 0 spiro atoms. The van der Waals surface area contributed by atoms with Crippen LogP contribution < -0.4 is 20.9 Å². The van der Waals surface area contributed by atoms with Crippen LogP contribution in [0, 0.1) is 0 Å². The van der Waals surface area contributed by atoms with Crippen molar-refractivity contribution >= 4 is 63.2 Å². The summed E-state index contributed by atoms with van der Waals surface area (Å²) < 4.78 is 0. The molecule has 1 heterocycles. The highest BCUT2D eigenvalue weighted by Crippen LogP contribution is 2.34. The van der Waals surface area contributed by atoms with E-state index in [-0.39, 0.29) is 24.4 Å². The molecular weight excluding hydrogens is 531 g/mol. The van der Waals surface area contributed by atoms with E-state index in [1.54, 1.807) is 18.2 Å². The molecule has 0 aliphatic heterocycles. The molecular formula is C30H32Cl2N6O. The molecule has 3 aromatic carbocycles. The fraction of sp³-hybridized carbons (Fsp3) is 0.300. The summed E-state index contributed by atoms with van der Waals surface area (Å²) in [6.45, 7) is 0. The van der Waals surface area contributed by atoms with Crippen LogP contribution in [0.2, 0.25) is 10.0 Å². The maximum absolute atomic E-state index is 13.0. The van der Waals surface area contributed by atoms with E-state index in [0.717, 1.165) is 53.7 Å². The van der Waals surface area contributed by atoms with Crippen LogP contribution in [0.15, 0.2) is 66.7 Å². The van der Waals surface area contributed by atoms with Gasteiger partial charge in [-0.25, -0.2) is 4.98 Å². The lowest BCUT2D eigenvalue weighted by Crippen LogP contribution is -2.41. The molecule has 4 aromatic rings. The summed E-state index contributed by atoms with van der Waals surface area (Å²) in [5.74, 6) is 1.54. The van der Waals surface area contributed by atoms with Crippen LogP contribution in [-0.2, 0) is 11.2 Å². The van der Waals surface area contributed by atoms with Crippen molar-refractivity contribution in [2.45, 2.75) is 44.2 Å². The van der Waals surface area contributed by atoms with E-state index in [2.05, 4.69) is 16.0 Å². The lowest BCUT2D eigenvalue weighted by Gasteiger charge is -2.30. The van der Waals surface area contributed by atoms with Gasteiger partial charge in [-0.15, -0.1) is 0 Å². The topological polar surface area (TPSA) is 82.2 Å². The molecule has 3 N–H and O–H groups in total. The standard InChI is InChI=1S/C30H32Cl2N6O/c1-38(2)29-22-9-4-6-13-26(22)36-30(37-29)34-21-16-14-20(15-17-21)33-27(39)18-19-8-3-5-12-25(19)35-28-23(31)10-7-11-24(28)32/h3-13,20-21,35H,14-18H2,1-2H3,(H,33,39)(H,34,36,37)/t20-,21+. The fourth-order valence-corrected chi connectivity index (χ4v) is 5.52. The highest BCUT2D eigenvalue weighted by molar-refractivity contribution is 6.39. The summed E-state index contributed by atoms with van der Waals surface area (Å²) in [5, 5.41) is 12.1. The second-order valence-corrected chi connectivity index (χ2v) is 10.9. The quantitative estimate of drug-likeness (QED) is 0.218. The highest BCUT2D eigenvalue weighted by atomic mass is 35.5. The van der Waals surface area contributed by atoms with E-state index >= 15 is 0 Å². The van der Waals surface area contributed by atoms with Crippen LogP contribution in [0.25, 0.3) is 10.9 Å². The van der Waals surface area contributed by atoms with Gasteiger partial charge >= 0.3 is 0 Å². The molecule has 0 unspecified atom stereocenters. The zero-order valence-corrected chi connectivity index (χ0v) is 23.6. The summed E-state index contributed by atoms with van der Waals surface area (Å²) in [6.07, 6.45) is 3.92. The Morgan fingerprint density at radius 1 is 0.872 bits per heavy atom. The molecule has 1 aliphatic rings. The first-order valence-electron chi connectivity index (χ1n) is 13.2. The van der Waals surface area contributed by atoms with Crippen LogP contribution >= 0.6 is 23.2 Å². The molecule has 0 atom stereocenters. The number of amides is 1. The number of anilines is 4. The Morgan fingerprint density at radius 2 is 1.54 bits per heavy atom. The summed E-state index contributed by atoms with van der Waals surface area (Å²) >= 11 is 12.7. The first-order chi connectivity index (χ1) is 18.9. The van der Waals surface area contributed by atoms with Gasteiger partial charge in [-0.05, 0) is 61.6 Å². The normalized spacial score (nSPS) is 17.0. The number of fused-ring (bicyclic) bond motifs is 1. The van der Waals surface area contributed by atoms with Crippen molar-refractivity contribution in [3.63, 3.8) is 0 Å².